The minimum Gasteiger partial charge on any atom is -0.399 e. The van der Waals surface area contributed by atoms with Gasteiger partial charge in [0.05, 0.1) is 17.5 Å². The molecule has 3 aliphatic rings. The maximum atomic E-state index is 12.8. The number of nitrogens with two attached hydrogens (primary N) is 1. The fourth-order valence-electron chi connectivity index (χ4n) is 4.23. The number of rotatable bonds is 1. The van der Waals surface area contributed by atoms with E-state index in [1.54, 1.807) is 24.3 Å². The predicted molar refractivity (Wildman–Crippen MR) is 87.4 cm³/mol. The monoisotopic (exact) mass is 412 g/mol. The van der Waals surface area contributed by atoms with Crippen LogP contribution in [0.5, 0.6) is 0 Å². The standard InChI is InChI=1S/C15H14Br2N2O2/c16-12-8-5-9(13(12)17)11-10(8)14(20)19(15(11)21)7-3-1-6(18)2-4-7/h1-4,8-13H,5,18H2/t8-,9-,10-,11-,12+,13+/m1/s1. The maximum Gasteiger partial charge on any atom is 0.238 e. The van der Waals surface area contributed by atoms with Crippen LogP contribution in [0.15, 0.2) is 24.3 Å². The van der Waals surface area contributed by atoms with E-state index >= 15 is 0 Å². The fraction of sp³-hybridized carbons (Fsp3) is 0.467. The quantitative estimate of drug-likeness (QED) is 0.437. The summed E-state index contributed by atoms with van der Waals surface area (Å²) < 4.78 is 0. The molecule has 1 heterocycles. The van der Waals surface area contributed by atoms with Gasteiger partial charge in [-0.25, -0.2) is 0 Å². The van der Waals surface area contributed by atoms with Crippen LogP contribution in [-0.2, 0) is 9.59 Å². The lowest BCUT2D eigenvalue weighted by Crippen LogP contribution is -2.37. The lowest BCUT2D eigenvalue weighted by Gasteiger charge is -2.28. The number of alkyl halides is 2. The van der Waals surface area contributed by atoms with Gasteiger partial charge in [-0.2, -0.15) is 0 Å². The van der Waals surface area contributed by atoms with Crippen molar-refractivity contribution in [2.75, 3.05) is 10.6 Å². The normalized spacial score (nSPS) is 41.0. The van der Waals surface area contributed by atoms with Gasteiger partial charge in [-0.1, -0.05) is 31.9 Å². The van der Waals surface area contributed by atoms with Gasteiger partial charge in [0.2, 0.25) is 11.8 Å². The van der Waals surface area contributed by atoms with Gasteiger partial charge in [0.15, 0.2) is 0 Å². The summed E-state index contributed by atoms with van der Waals surface area (Å²) in [6, 6.07) is 6.93. The molecule has 2 saturated carbocycles. The Balaban J connectivity index is 1.73. The average Bonchev–Trinajstić information content (AvgIpc) is 3.06. The van der Waals surface area contributed by atoms with Crippen LogP contribution in [0.2, 0.25) is 0 Å². The molecule has 0 aromatic heterocycles. The van der Waals surface area contributed by atoms with E-state index in [1.165, 1.54) is 4.90 Å². The third-order valence-corrected chi connectivity index (χ3v) is 8.35. The number of carbonyl (C=O) groups excluding carboxylic acids is 2. The molecule has 2 aliphatic carbocycles. The largest absolute Gasteiger partial charge is 0.399 e. The summed E-state index contributed by atoms with van der Waals surface area (Å²) in [6.07, 6.45) is 0.953. The Labute approximate surface area is 139 Å². The highest BCUT2D eigenvalue weighted by atomic mass is 79.9. The van der Waals surface area contributed by atoms with Crippen molar-refractivity contribution >= 4 is 55.0 Å². The lowest BCUT2D eigenvalue weighted by molar-refractivity contribution is -0.123. The molecule has 1 aliphatic heterocycles. The van der Waals surface area contributed by atoms with Crippen LogP contribution in [0.4, 0.5) is 11.4 Å². The van der Waals surface area contributed by atoms with Crippen LogP contribution in [0.25, 0.3) is 0 Å². The number of imide groups is 1. The van der Waals surface area contributed by atoms with E-state index in [9.17, 15) is 9.59 Å². The number of halogens is 2. The van der Waals surface area contributed by atoms with Crippen molar-refractivity contribution in [3.05, 3.63) is 24.3 Å². The third-order valence-electron chi connectivity index (χ3n) is 5.14. The molecule has 1 aromatic rings. The van der Waals surface area contributed by atoms with Crippen molar-refractivity contribution in [3.8, 4) is 0 Å². The first kappa shape index (κ1) is 13.8. The number of nitrogens with zero attached hydrogens (tertiary/aromatic N) is 1. The zero-order valence-electron chi connectivity index (χ0n) is 11.1. The Morgan fingerprint density at radius 3 is 1.90 bits per heavy atom. The number of amides is 2. The summed E-state index contributed by atoms with van der Waals surface area (Å²) in [4.78, 5) is 27.4. The van der Waals surface area contributed by atoms with E-state index in [2.05, 4.69) is 31.9 Å². The van der Waals surface area contributed by atoms with Crippen LogP contribution in [-0.4, -0.2) is 21.5 Å². The molecule has 0 unspecified atom stereocenters. The van der Waals surface area contributed by atoms with Gasteiger partial charge in [-0.3, -0.25) is 14.5 Å². The molecule has 110 valence electrons. The Morgan fingerprint density at radius 2 is 1.43 bits per heavy atom. The summed E-state index contributed by atoms with van der Waals surface area (Å²) in [5.74, 6) is 0.0629. The maximum absolute atomic E-state index is 12.8. The minimum atomic E-state index is -0.168. The second-order valence-electron chi connectivity index (χ2n) is 6.11. The van der Waals surface area contributed by atoms with E-state index in [1.807, 2.05) is 0 Å². The molecule has 4 nitrogen and oxygen atoms in total. The topological polar surface area (TPSA) is 63.4 Å². The van der Waals surface area contributed by atoms with Crippen LogP contribution < -0.4 is 10.6 Å². The molecule has 4 rings (SSSR count). The zero-order valence-corrected chi connectivity index (χ0v) is 14.2. The van der Waals surface area contributed by atoms with Crippen molar-refractivity contribution in [3.63, 3.8) is 0 Å². The van der Waals surface area contributed by atoms with E-state index < -0.39 is 0 Å². The van der Waals surface area contributed by atoms with Crippen molar-refractivity contribution < 1.29 is 9.59 Å². The third kappa shape index (κ3) is 1.72. The molecule has 3 fully saturated rings. The molecule has 2 bridgehead atoms. The first-order valence-corrected chi connectivity index (χ1v) is 8.85. The van der Waals surface area contributed by atoms with Crippen LogP contribution >= 0.6 is 31.9 Å². The van der Waals surface area contributed by atoms with Gasteiger partial charge < -0.3 is 5.73 Å². The summed E-state index contributed by atoms with van der Waals surface area (Å²) in [5.41, 5.74) is 6.93. The molecule has 1 saturated heterocycles. The van der Waals surface area contributed by atoms with E-state index in [-0.39, 0.29) is 45.1 Å². The van der Waals surface area contributed by atoms with Crippen LogP contribution in [0.3, 0.4) is 0 Å². The minimum absolute atomic E-state index is 0.0499. The van der Waals surface area contributed by atoms with Crippen molar-refractivity contribution in [2.24, 2.45) is 23.7 Å². The molecule has 1 aromatic carbocycles. The van der Waals surface area contributed by atoms with E-state index in [0.717, 1.165) is 6.42 Å². The molecule has 6 heteroatoms. The second-order valence-corrected chi connectivity index (χ2v) is 8.22. The number of carbonyl (C=O) groups is 2. The first-order chi connectivity index (χ1) is 10.0. The Bertz CT molecular complexity index is 601. The van der Waals surface area contributed by atoms with Crippen molar-refractivity contribution in [2.45, 2.75) is 16.1 Å². The fourth-order valence-corrected chi connectivity index (χ4v) is 6.10. The Kier molecular flexibility index (Phi) is 2.99. The highest BCUT2D eigenvalue weighted by Gasteiger charge is 2.66. The molecular formula is C15H14Br2N2O2. The highest BCUT2D eigenvalue weighted by Crippen LogP contribution is 2.60. The van der Waals surface area contributed by atoms with Crippen LogP contribution in [0, 0.1) is 23.7 Å². The molecule has 2 amide bonds. The first-order valence-electron chi connectivity index (χ1n) is 7.02. The number of anilines is 2. The highest BCUT2D eigenvalue weighted by molar-refractivity contribution is 9.12. The van der Waals surface area contributed by atoms with Gasteiger partial charge >= 0.3 is 0 Å². The SMILES string of the molecule is Nc1ccc(N2C(=O)[C@@H]3[C@H]4C[C@@H]([C@H](Br)[C@H]4Br)[C@H]3C2=O)cc1. The summed E-state index contributed by atoms with van der Waals surface area (Å²) in [5, 5.41) is 0. The molecule has 21 heavy (non-hydrogen) atoms. The van der Waals surface area contributed by atoms with Gasteiger partial charge in [0.25, 0.3) is 0 Å². The summed E-state index contributed by atoms with van der Waals surface area (Å²) in [6.45, 7) is 0. The molecular weight excluding hydrogens is 400 g/mol. The molecule has 2 N–H and O–H groups in total. The average molecular weight is 414 g/mol. The van der Waals surface area contributed by atoms with E-state index in [0.29, 0.717) is 11.4 Å². The molecule has 6 atom stereocenters. The predicted octanol–water partition coefficient (Wildman–Crippen LogP) is 2.55. The second kappa shape index (κ2) is 4.56. The number of hydrogen-bond acceptors (Lipinski definition) is 3. The number of hydrogen-bond donors (Lipinski definition) is 1. The number of fused-ring (bicyclic) bond motifs is 5. The summed E-state index contributed by atoms with van der Waals surface area (Å²) >= 11 is 7.37. The van der Waals surface area contributed by atoms with Gasteiger partial charge in [-0.05, 0) is 42.5 Å². The van der Waals surface area contributed by atoms with Gasteiger partial charge in [0, 0.05) is 15.3 Å². The lowest BCUT2D eigenvalue weighted by atomic mass is 9.81. The van der Waals surface area contributed by atoms with E-state index in [4.69, 9.17) is 5.73 Å². The summed E-state index contributed by atoms with van der Waals surface area (Å²) in [7, 11) is 0. The number of benzene rings is 1. The van der Waals surface area contributed by atoms with Gasteiger partial charge in [0.1, 0.15) is 0 Å². The zero-order chi connectivity index (χ0) is 14.9. The molecule has 0 radical (unpaired) electrons. The van der Waals surface area contributed by atoms with Crippen LogP contribution in [0.1, 0.15) is 6.42 Å². The molecule has 0 spiro atoms. The van der Waals surface area contributed by atoms with Crippen molar-refractivity contribution in [1.29, 1.82) is 0 Å². The Hall–Kier alpha value is -0.880. The number of nitrogen functional groups attached to an aromatic ring is 1. The van der Waals surface area contributed by atoms with Gasteiger partial charge in [-0.15, -0.1) is 0 Å². The van der Waals surface area contributed by atoms with Crippen molar-refractivity contribution in [1.82, 2.24) is 0 Å². The Morgan fingerprint density at radius 1 is 0.952 bits per heavy atom. The smallest absolute Gasteiger partial charge is 0.238 e.